The number of imidazole rings is 1. The van der Waals surface area contributed by atoms with Gasteiger partial charge >= 0.3 is 0 Å². The second-order valence-electron chi connectivity index (χ2n) is 6.08. The molecule has 0 fully saturated rings. The summed E-state index contributed by atoms with van der Waals surface area (Å²) in [5.41, 5.74) is 8.61. The Kier molecular flexibility index (Phi) is 7.05. The van der Waals surface area contributed by atoms with Crippen molar-refractivity contribution in [3.63, 3.8) is 0 Å². The molecule has 0 saturated heterocycles. The molecule has 2 aromatic heterocycles. The summed E-state index contributed by atoms with van der Waals surface area (Å²) in [6.45, 7) is 8.33. The van der Waals surface area contributed by atoms with Crippen molar-refractivity contribution in [1.82, 2.24) is 24.8 Å². The van der Waals surface area contributed by atoms with Gasteiger partial charge in [0.15, 0.2) is 11.5 Å². The number of nitrogen functional groups attached to an aromatic ring is 1. The van der Waals surface area contributed by atoms with Gasteiger partial charge in [0.2, 0.25) is 0 Å². The third kappa shape index (κ3) is 4.48. The van der Waals surface area contributed by atoms with Crippen molar-refractivity contribution in [2.24, 2.45) is 0 Å². The second kappa shape index (κ2) is 9.03. The molecule has 2 aromatic rings. The molecule has 24 heavy (non-hydrogen) atoms. The molecule has 7 heteroatoms. The topological polar surface area (TPSA) is 81.7 Å². The molecule has 3 N–H and O–H groups in total. The van der Waals surface area contributed by atoms with Crippen LogP contribution in [-0.4, -0.2) is 44.1 Å². The van der Waals surface area contributed by atoms with Gasteiger partial charge in [-0.1, -0.05) is 25.5 Å². The lowest BCUT2D eigenvalue weighted by Gasteiger charge is -2.19. The number of rotatable bonds is 10. The zero-order valence-electron chi connectivity index (χ0n) is 14.8. The predicted octanol–water partition coefficient (Wildman–Crippen LogP) is 3.04. The van der Waals surface area contributed by atoms with Gasteiger partial charge in [0.25, 0.3) is 0 Å². The van der Waals surface area contributed by atoms with Gasteiger partial charge in [0.05, 0.1) is 6.33 Å². The molecule has 0 saturated carbocycles. The van der Waals surface area contributed by atoms with E-state index in [-0.39, 0.29) is 0 Å². The van der Waals surface area contributed by atoms with Crippen molar-refractivity contribution >= 4 is 28.7 Å². The Hall–Kier alpha value is -1.60. The van der Waals surface area contributed by atoms with E-state index in [1.165, 1.54) is 11.9 Å². The van der Waals surface area contributed by atoms with Crippen LogP contribution < -0.4 is 11.1 Å². The zero-order chi connectivity index (χ0) is 17.5. The first-order valence-corrected chi connectivity index (χ1v) is 9.57. The van der Waals surface area contributed by atoms with Gasteiger partial charge in [-0.3, -0.25) is 0 Å². The number of aromatic nitrogens is 4. The van der Waals surface area contributed by atoms with Crippen LogP contribution in [-0.2, 0) is 0 Å². The number of nitrogens with one attached hydrogen (secondary N) is 1. The molecule has 0 amide bonds. The highest BCUT2D eigenvalue weighted by Crippen LogP contribution is 2.25. The summed E-state index contributed by atoms with van der Waals surface area (Å²) in [5.74, 6) is 2.58. The SMILES string of the molecule is C=C(C)C(CCSCC(CCC)n1cnc2c(N)ncnc21)NC. The Morgan fingerprint density at radius 2 is 2.17 bits per heavy atom. The molecule has 0 aliphatic heterocycles. The lowest BCUT2D eigenvalue weighted by atomic mass is 10.1. The van der Waals surface area contributed by atoms with E-state index in [1.54, 1.807) is 0 Å². The monoisotopic (exact) mass is 348 g/mol. The summed E-state index contributed by atoms with van der Waals surface area (Å²) < 4.78 is 2.15. The van der Waals surface area contributed by atoms with Crippen molar-refractivity contribution in [2.45, 2.75) is 45.2 Å². The number of hydrogen-bond donors (Lipinski definition) is 2. The lowest BCUT2D eigenvalue weighted by Crippen LogP contribution is -2.26. The molecule has 0 aliphatic rings. The minimum atomic E-state index is 0.372. The van der Waals surface area contributed by atoms with Crippen LogP contribution in [0.3, 0.4) is 0 Å². The van der Waals surface area contributed by atoms with Gasteiger partial charge in [-0.15, -0.1) is 0 Å². The van der Waals surface area contributed by atoms with Crippen LogP contribution in [0, 0.1) is 0 Å². The molecular formula is C17H28N6S. The summed E-state index contributed by atoms with van der Waals surface area (Å²) in [6.07, 6.45) is 6.67. The van der Waals surface area contributed by atoms with Gasteiger partial charge < -0.3 is 15.6 Å². The van der Waals surface area contributed by atoms with Crippen LogP contribution in [0.2, 0.25) is 0 Å². The van der Waals surface area contributed by atoms with E-state index in [4.69, 9.17) is 5.73 Å². The van der Waals surface area contributed by atoms with E-state index in [9.17, 15) is 0 Å². The number of nitrogens with two attached hydrogens (primary N) is 1. The van der Waals surface area contributed by atoms with Crippen molar-refractivity contribution in [3.05, 3.63) is 24.8 Å². The first-order valence-electron chi connectivity index (χ1n) is 8.41. The third-order valence-electron chi connectivity index (χ3n) is 4.21. The van der Waals surface area contributed by atoms with Crippen LogP contribution in [0.15, 0.2) is 24.8 Å². The minimum Gasteiger partial charge on any atom is -0.382 e. The maximum Gasteiger partial charge on any atom is 0.165 e. The van der Waals surface area contributed by atoms with Crippen molar-refractivity contribution in [2.75, 3.05) is 24.3 Å². The smallest absolute Gasteiger partial charge is 0.165 e. The predicted molar refractivity (Wildman–Crippen MR) is 103 cm³/mol. The molecule has 0 radical (unpaired) electrons. The molecule has 0 spiro atoms. The summed E-state index contributed by atoms with van der Waals surface area (Å²) in [6, 6.07) is 0.765. The molecule has 0 aromatic carbocycles. The van der Waals surface area contributed by atoms with E-state index < -0.39 is 0 Å². The highest BCUT2D eigenvalue weighted by atomic mass is 32.2. The van der Waals surface area contributed by atoms with E-state index >= 15 is 0 Å². The molecule has 132 valence electrons. The number of hydrogen-bond acceptors (Lipinski definition) is 6. The molecule has 6 nitrogen and oxygen atoms in total. The van der Waals surface area contributed by atoms with Crippen LogP contribution in [0.25, 0.3) is 11.2 Å². The van der Waals surface area contributed by atoms with Crippen molar-refractivity contribution in [1.29, 1.82) is 0 Å². The standard InChI is InChI=1S/C17H28N6S/c1-5-6-13(9-24-8-7-14(19-4)12(2)3)23-11-22-15-16(18)20-10-21-17(15)23/h10-11,13-14,19H,2,5-9H2,1,3-4H3,(H2,18,20,21). The fourth-order valence-corrected chi connectivity index (χ4v) is 4.00. The van der Waals surface area contributed by atoms with Crippen LogP contribution in [0.4, 0.5) is 5.82 Å². The Morgan fingerprint density at radius 1 is 1.38 bits per heavy atom. The van der Waals surface area contributed by atoms with Gasteiger partial charge in [0.1, 0.15) is 11.8 Å². The average molecular weight is 349 g/mol. The fourth-order valence-electron chi connectivity index (χ4n) is 2.83. The number of likely N-dealkylation sites (N-methyl/N-ethyl adjacent to an activating group) is 1. The second-order valence-corrected chi connectivity index (χ2v) is 7.23. The van der Waals surface area contributed by atoms with E-state index in [0.29, 0.717) is 23.4 Å². The number of anilines is 1. The maximum absolute atomic E-state index is 5.89. The van der Waals surface area contributed by atoms with Crippen LogP contribution in [0.5, 0.6) is 0 Å². The molecular weight excluding hydrogens is 320 g/mol. The van der Waals surface area contributed by atoms with E-state index in [2.05, 4.69) is 45.3 Å². The molecule has 0 bridgehead atoms. The van der Waals surface area contributed by atoms with Crippen LogP contribution >= 0.6 is 11.8 Å². The normalized spacial score (nSPS) is 14.0. The van der Waals surface area contributed by atoms with Gasteiger partial charge in [-0.05, 0) is 32.6 Å². The Balaban J connectivity index is 2.01. The largest absolute Gasteiger partial charge is 0.382 e. The third-order valence-corrected chi connectivity index (χ3v) is 5.35. The summed E-state index contributed by atoms with van der Waals surface area (Å²) in [4.78, 5) is 12.8. The summed E-state index contributed by atoms with van der Waals surface area (Å²) in [7, 11) is 1.99. The van der Waals surface area contributed by atoms with Gasteiger partial charge in [-0.25, -0.2) is 15.0 Å². The number of nitrogens with zero attached hydrogens (tertiary/aromatic N) is 4. The quantitative estimate of drug-likeness (QED) is 0.507. The number of thioether (sulfide) groups is 1. The molecule has 2 rings (SSSR count). The van der Waals surface area contributed by atoms with Gasteiger partial charge in [0, 0.05) is 17.8 Å². The Morgan fingerprint density at radius 3 is 2.83 bits per heavy atom. The fraction of sp³-hybridized carbons (Fsp3) is 0.588. The number of fused-ring (bicyclic) bond motifs is 1. The van der Waals surface area contributed by atoms with Crippen LogP contribution in [0.1, 0.15) is 39.2 Å². The molecule has 2 heterocycles. The zero-order valence-corrected chi connectivity index (χ0v) is 15.6. The first kappa shape index (κ1) is 18.7. The molecule has 0 aliphatic carbocycles. The van der Waals surface area contributed by atoms with E-state index in [1.807, 2.05) is 25.1 Å². The average Bonchev–Trinajstić information content (AvgIpc) is 2.99. The lowest BCUT2D eigenvalue weighted by molar-refractivity contribution is 0.516. The van der Waals surface area contributed by atoms with Gasteiger partial charge in [-0.2, -0.15) is 11.8 Å². The van der Waals surface area contributed by atoms with E-state index in [0.717, 1.165) is 36.4 Å². The maximum atomic E-state index is 5.89. The van der Waals surface area contributed by atoms with Crippen molar-refractivity contribution < 1.29 is 0 Å². The highest BCUT2D eigenvalue weighted by Gasteiger charge is 2.16. The summed E-state index contributed by atoms with van der Waals surface area (Å²) >= 11 is 1.97. The first-order chi connectivity index (χ1) is 11.6. The Bertz CT molecular complexity index is 668. The molecule has 2 unspecified atom stereocenters. The molecule has 2 atom stereocenters. The van der Waals surface area contributed by atoms with Crippen molar-refractivity contribution in [3.8, 4) is 0 Å². The highest BCUT2D eigenvalue weighted by molar-refractivity contribution is 7.99. The Labute approximate surface area is 148 Å². The minimum absolute atomic E-state index is 0.372. The summed E-state index contributed by atoms with van der Waals surface area (Å²) in [5, 5.41) is 3.31.